The molecule has 1 amide bonds. The highest BCUT2D eigenvalue weighted by atomic mass is 35.5. The number of aromatic nitrogens is 2. The van der Waals surface area contributed by atoms with Crippen molar-refractivity contribution in [3.63, 3.8) is 0 Å². The summed E-state index contributed by atoms with van der Waals surface area (Å²) in [4.78, 5) is 11.9. The van der Waals surface area contributed by atoms with Crippen LogP contribution < -0.4 is 11.1 Å². The number of halogens is 1. The van der Waals surface area contributed by atoms with Gasteiger partial charge < -0.3 is 11.1 Å². The van der Waals surface area contributed by atoms with Crippen molar-refractivity contribution < 1.29 is 4.79 Å². The second-order valence-corrected chi connectivity index (χ2v) is 3.87. The van der Waals surface area contributed by atoms with E-state index in [0.29, 0.717) is 16.3 Å². The standard InChI is InChI=1S/C11H8ClN5O/c12-8-2-1-6(3-9(8)14)11(18)16-10-7(4-13)5-15-17-10/h1-3,5H,14H2,(H2,15,16,17,18). The molecular weight excluding hydrogens is 254 g/mol. The lowest BCUT2D eigenvalue weighted by molar-refractivity contribution is 0.102. The van der Waals surface area contributed by atoms with Gasteiger partial charge in [-0.25, -0.2) is 0 Å². The van der Waals surface area contributed by atoms with Gasteiger partial charge in [-0.05, 0) is 18.2 Å². The Hall–Kier alpha value is -2.52. The molecule has 0 aliphatic heterocycles. The van der Waals surface area contributed by atoms with Crippen LogP contribution in [0.1, 0.15) is 15.9 Å². The molecule has 0 aliphatic rings. The fraction of sp³-hybridized carbons (Fsp3) is 0. The molecular formula is C11H8ClN5O. The third-order valence-electron chi connectivity index (χ3n) is 2.26. The minimum Gasteiger partial charge on any atom is -0.398 e. The molecule has 18 heavy (non-hydrogen) atoms. The van der Waals surface area contributed by atoms with Gasteiger partial charge in [-0.3, -0.25) is 9.89 Å². The molecule has 1 aromatic carbocycles. The number of anilines is 2. The molecule has 0 fully saturated rings. The molecule has 6 nitrogen and oxygen atoms in total. The minimum absolute atomic E-state index is 0.246. The van der Waals surface area contributed by atoms with Crippen molar-refractivity contribution in [3.05, 3.63) is 40.5 Å². The predicted molar refractivity (Wildman–Crippen MR) is 67.1 cm³/mol. The number of nitrogens with zero attached hydrogens (tertiary/aromatic N) is 2. The summed E-state index contributed by atoms with van der Waals surface area (Å²) in [6.07, 6.45) is 1.33. The Morgan fingerprint density at radius 3 is 3.00 bits per heavy atom. The number of amides is 1. The number of hydrogen-bond acceptors (Lipinski definition) is 4. The van der Waals surface area contributed by atoms with Gasteiger partial charge in [0.25, 0.3) is 5.91 Å². The zero-order chi connectivity index (χ0) is 13.1. The number of nitrogens with two attached hydrogens (primary N) is 1. The van der Waals surface area contributed by atoms with E-state index in [4.69, 9.17) is 22.6 Å². The molecule has 2 rings (SSSR count). The molecule has 0 saturated heterocycles. The topological polar surface area (TPSA) is 108 Å². The molecule has 4 N–H and O–H groups in total. The summed E-state index contributed by atoms with van der Waals surface area (Å²) in [7, 11) is 0. The number of nitrogens with one attached hydrogen (secondary N) is 2. The lowest BCUT2D eigenvalue weighted by Gasteiger charge is -2.04. The first kappa shape index (κ1) is 12.0. The van der Waals surface area contributed by atoms with E-state index in [2.05, 4.69) is 15.5 Å². The summed E-state index contributed by atoms with van der Waals surface area (Å²) >= 11 is 5.76. The Morgan fingerprint density at radius 2 is 2.33 bits per heavy atom. The van der Waals surface area contributed by atoms with Crippen LogP contribution in [0.4, 0.5) is 11.5 Å². The number of rotatable bonds is 2. The maximum atomic E-state index is 11.9. The lowest BCUT2D eigenvalue weighted by atomic mass is 10.2. The number of carbonyl (C=O) groups is 1. The Balaban J connectivity index is 2.23. The van der Waals surface area contributed by atoms with Crippen LogP contribution in [0.15, 0.2) is 24.4 Å². The SMILES string of the molecule is N#Cc1cn[nH]c1NC(=O)c1ccc(Cl)c(N)c1. The van der Waals surface area contributed by atoms with Crippen LogP contribution in [-0.2, 0) is 0 Å². The molecule has 0 saturated carbocycles. The number of nitriles is 1. The summed E-state index contributed by atoms with van der Waals surface area (Å²) in [6.45, 7) is 0. The van der Waals surface area contributed by atoms with Crippen LogP contribution >= 0.6 is 11.6 Å². The second-order valence-electron chi connectivity index (χ2n) is 3.46. The molecule has 0 aliphatic carbocycles. The van der Waals surface area contributed by atoms with Crippen LogP contribution in [0.5, 0.6) is 0 Å². The molecule has 1 aromatic heterocycles. The van der Waals surface area contributed by atoms with Crippen molar-refractivity contribution in [3.8, 4) is 6.07 Å². The highest BCUT2D eigenvalue weighted by molar-refractivity contribution is 6.33. The van der Waals surface area contributed by atoms with Gasteiger partial charge in [0.15, 0.2) is 0 Å². The first-order valence-electron chi connectivity index (χ1n) is 4.91. The van der Waals surface area contributed by atoms with Crippen LogP contribution in [0.3, 0.4) is 0 Å². The van der Waals surface area contributed by atoms with Gasteiger partial charge in [-0.2, -0.15) is 10.4 Å². The van der Waals surface area contributed by atoms with E-state index >= 15 is 0 Å². The van der Waals surface area contributed by atoms with E-state index in [0.717, 1.165) is 0 Å². The summed E-state index contributed by atoms with van der Waals surface area (Å²) in [5, 5.41) is 17.9. The Kier molecular flexibility index (Phi) is 3.17. The van der Waals surface area contributed by atoms with E-state index in [9.17, 15) is 4.79 Å². The van der Waals surface area contributed by atoms with Crippen molar-refractivity contribution in [2.45, 2.75) is 0 Å². The zero-order valence-corrected chi connectivity index (χ0v) is 9.82. The molecule has 2 aromatic rings. The molecule has 0 spiro atoms. The highest BCUT2D eigenvalue weighted by Crippen LogP contribution is 2.20. The van der Waals surface area contributed by atoms with Crippen molar-refractivity contribution in [2.24, 2.45) is 0 Å². The first-order valence-corrected chi connectivity index (χ1v) is 5.29. The number of benzene rings is 1. The van der Waals surface area contributed by atoms with Crippen LogP contribution in [0.25, 0.3) is 0 Å². The minimum atomic E-state index is -0.404. The third-order valence-corrected chi connectivity index (χ3v) is 2.60. The Bertz CT molecular complexity index is 643. The first-order chi connectivity index (χ1) is 8.61. The van der Waals surface area contributed by atoms with E-state index < -0.39 is 5.91 Å². The quantitative estimate of drug-likeness (QED) is 0.716. The number of carbonyl (C=O) groups excluding carboxylic acids is 1. The van der Waals surface area contributed by atoms with Crippen LogP contribution in [-0.4, -0.2) is 16.1 Å². The largest absolute Gasteiger partial charge is 0.398 e. The van der Waals surface area contributed by atoms with Gasteiger partial charge in [0.2, 0.25) is 0 Å². The van der Waals surface area contributed by atoms with Crippen LogP contribution in [0, 0.1) is 11.3 Å². The van der Waals surface area contributed by atoms with Gasteiger partial charge >= 0.3 is 0 Å². The maximum Gasteiger partial charge on any atom is 0.256 e. The van der Waals surface area contributed by atoms with Crippen molar-refractivity contribution >= 4 is 29.0 Å². The maximum absolute atomic E-state index is 11.9. The number of aromatic amines is 1. The van der Waals surface area contributed by atoms with Gasteiger partial charge in [0.05, 0.1) is 16.9 Å². The van der Waals surface area contributed by atoms with Crippen molar-refractivity contribution in [2.75, 3.05) is 11.1 Å². The van der Waals surface area contributed by atoms with Gasteiger partial charge in [-0.1, -0.05) is 11.6 Å². The van der Waals surface area contributed by atoms with E-state index in [1.807, 2.05) is 6.07 Å². The van der Waals surface area contributed by atoms with Gasteiger partial charge in [0.1, 0.15) is 17.5 Å². The fourth-order valence-corrected chi connectivity index (χ4v) is 1.45. The predicted octanol–water partition coefficient (Wildman–Crippen LogP) is 1.77. The summed E-state index contributed by atoms with van der Waals surface area (Å²) < 4.78 is 0. The van der Waals surface area contributed by atoms with Crippen LogP contribution in [0.2, 0.25) is 5.02 Å². The number of H-pyrrole nitrogens is 1. The van der Waals surface area contributed by atoms with Crippen molar-refractivity contribution in [1.29, 1.82) is 5.26 Å². The number of nitrogen functional groups attached to an aromatic ring is 1. The molecule has 90 valence electrons. The van der Waals surface area contributed by atoms with E-state index in [1.54, 1.807) is 0 Å². The summed E-state index contributed by atoms with van der Waals surface area (Å²) in [5.41, 5.74) is 6.52. The molecule has 0 unspecified atom stereocenters. The molecule has 1 heterocycles. The highest BCUT2D eigenvalue weighted by Gasteiger charge is 2.11. The molecule has 0 radical (unpaired) electrons. The summed E-state index contributed by atoms with van der Waals surface area (Å²) in [6, 6.07) is 6.43. The second kappa shape index (κ2) is 4.77. The average molecular weight is 262 g/mol. The molecule has 0 bridgehead atoms. The zero-order valence-electron chi connectivity index (χ0n) is 9.07. The average Bonchev–Trinajstić information content (AvgIpc) is 2.79. The number of hydrogen-bond donors (Lipinski definition) is 3. The lowest BCUT2D eigenvalue weighted by Crippen LogP contribution is -2.13. The normalized spacial score (nSPS) is 9.78. The van der Waals surface area contributed by atoms with Gasteiger partial charge in [-0.15, -0.1) is 0 Å². The van der Waals surface area contributed by atoms with E-state index in [1.165, 1.54) is 24.4 Å². The van der Waals surface area contributed by atoms with Crippen molar-refractivity contribution in [1.82, 2.24) is 10.2 Å². The molecule has 7 heteroatoms. The summed E-state index contributed by atoms with van der Waals surface area (Å²) in [5.74, 6) is -0.157. The third kappa shape index (κ3) is 2.26. The Labute approximate surface area is 107 Å². The Morgan fingerprint density at radius 1 is 1.56 bits per heavy atom. The van der Waals surface area contributed by atoms with E-state index in [-0.39, 0.29) is 11.4 Å². The molecule has 0 atom stereocenters. The fourth-order valence-electron chi connectivity index (χ4n) is 1.34. The smallest absolute Gasteiger partial charge is 0.256 e. The monoisotopic (exact) mass is 261 g/mol. The van der Waals surface area contributed by atoms with Gasteiger partial charge in [0, 0.05) is 5.56 Å².